The monoisotopic (exact) mass is 487 g/mol. The Labute approximate surface area is 192 Å². The van der Waals surface area contributed by atoms with Crippen LogP contribution >= 0.6 is 0 Å². The number of benzene rings is 3. The summed E-state index contributed by atoms with van der Waals surface area (Å²) in [5.74, 6) is 0. The zero-order valence-electron chi connectivity index (χ0n) is 17.7. The summed E-state index contributed by atoms with van der Waals surface area (Å²) >= 11 is 0. The molecule has 0 radical (unpaired) electrons. The normalized spacial score (nSPS) is 12.5. The molecule has 0 fully saturated rings. The smallest absolute Gasteiger partial charge is 0.297 e. The van der Waals surface area contributed by atoms with E-state index < -0.39 is 25.1 Å². The van der Waals surface area contributed by atoms with E-state index in [4.69, 9.17) is 0 Å². The van der Waals surface area contributed by atoms with Crippen LogP contribution < -0.4 is 4.90 Å². The summed E-state index contributed by atoms with van der Waals surface area (Å²) in [7, 11) is -5.41. The van der Waals surface area contributed by atoms with Gasteiger partial charge in [-0.25, -0.2) is 0 Å². The summed E-state index contributed by atoms with van der Waals surface area (Å²) in [5, 5.41) is 8.04. The lowest BCUT2D eigenvalue weighted by atomic mass is 10.1. The Hall–Kier alpha value is -3.38. The van der Waals surface area contributed by atoms with Gasteiger partial charge in [0.25, 0.3) is 20.2 Å². The maximum absolute atomic E-state index is 12.1. The molecule has 0 aromatic heterocycles. The molecule has 0 saturated heterocycles. The Morgan fingerprint density at radius 2 is 1.33 bits per heavy atom. The van der Waals surface area contributed by atoms with E-state index in [1.165, 1.54) is 48.6 Å². The molecule has 3 aromatic rings. The fourth-order valence-corrected chi connectivity index (χ4v) is 4.49. The van der Waals surface area contributed by atoms with Crippen molar-refractivity contribution in [3.63, 3.8) is 0 Å². The average Bonchev–Trinajstić information content (AvgIpc) is 2.75. The third-order valence-corrected chi connectivity index (χ3v) is 6.45. The summed E-state index contributed by atoms with van der Waals surface area (Å²) < 4.78 is 66.6. The molecule has 0 saturated carbocycles. The largest absolute Gasteiger partial charge is 0.378 e. The second-order valence-corrected chi connectivity index (χ2v) is 9.88. The topological polar surface area (TPSA) is 137 Å². The van der Waals surface area contributed by atoms with Gasteiger partial charge in [-0.15, -0.1) is 5.11 Å². The molecule has 0 spiro atoms. The highest BCUT2D eigenvalue weighted by atomic mass is 32.2. The number of nitrogens with zero attached hydrogens (tertiary/aromatic N) is 3. The fraction of sp³-hybridized carbons (Fsp3) is 0.0909. The number of hydrogen-bond acceptors (Lipinski definition) is 7. The molecule has 0 atom stereocenters. The molecule has 0 heterocycles. The van der Waals surface area contributed by atoms with Crippen LogP contribution in [-0.4, -0.2) is 40.0 Å². The summed E-state index contributed by atoms with van der Waals surface area (Å²) in [4.78, 5) is 1.08. The maximum Gasteiger partial charge on any atom is 0.297 e. The molecular weight excluding hydrogens is 466 g/mol. The molecule has 0 aliphatic carbocycles. The van der Waals surface area contributed by atoms with Crippen molar-refractivity contribution < 1.29 is 25.9 Å². The Morgan fingerprint density at radius 3 is 1.94 bits per heavy atom. The molecule has 33 heavy (non-hydrogen) atoms. The van der Waals surface area contributed by atoms with Crippen LogP contribution in [0.4, 0.5) is 17.1 Å². The van der Waals surface area contributed by atoms with Gasteiger partial charge in [-0.05, 0) is 47.5 Å². The van der Waals surface area contributed by atoms with Gasteiger partial charge in [0.15, 0.2) is 0 Å². The summed E-state index contributed by atoms with van der Waals surface area (Å²) in [6, 6.07) is 17.0. The first kappa shape index (κ1) is 24.3. The molecule has 0 aliphatic rings. The van der Waals surface area contributed by atoms with E-state index in [2.05, 4.69) is 10.2 Å². The average molecular weight is 488 g/mol. The molecule has 0 amide bonds. The van der Waals surface area contributed by atoms with Crippen LogP contribution in [0, 0.1) is 0 Å². The van der Waals surface area contributed by atoms with Gasteiger partial charge in [-0.3, -0.25) is 9.11 Å². The van der Waals surface area contributed by atoms with E-state index in [1.54, 1.807) is 18.2 Å². The predicted molar refractivity (Wildman–Crippen MR) is 126 cm³/mol. The second-order valence-electron chi connectivity index (χ2n) is 7.13. The molecule has 3 rings (SSSR count). The van der Waals surface area contributed by atoms with Gasteiger partial charge in [0.2, 0.25) is 0 Å². The summed E-state index contributed by atoms with van der Waals surface area (Å²) in [5.41, 5.74) is 1.52. The number of anilines is 1. The van der Waals surface area contributed by atoms with Crippen molar-refractivity contribution in [2.45, 2.75) is 9.79 Å². The zero-order valence-corrected chi connectivity index (χ0v) is 19.3. The first-order valence-electron chi connectivity index (χ1n) is 9.51. The van der Waals surface area contributed by atoms with E-state index in [-0.39, 0.29) is 21.7 Å². The zero-order chi connectivity index (χ0) is 24.2. The van der Waals surface area contributed by atoms with E-state index in [0.29, 0.717) is 5.69 Å². The highest BCUT2D eigenvalue weighted by Gasteiger charge is 2.20. The summed E-state index contributed by atoms with van der Waals surface area (Å²) in [6.07, 6.45) is 2.62. The van der Waals surface area contributed by atoms with Crippen molar-refractivity contribution in [1.29, 1.82) is 0 Å². The van der Waals surface area contributed by atoms with Gasteiger partial charge < -0.3 is 4.90 Å². The van der Waals surface area contributed by atoms with Gasteiger partial charge in [0, 0.05) is 19.8 Å². The molecule has 172 valence electrons. The first-order chi connectivity index (χ1) is 15.5. The lowest BCUT2D eigenvalue weighted by Gasteiger charge is -2.11. The lowest BCUT2D eigenvalue weighted by Crippen LogP contribution is -2.07. The quantitative estimate of drug-likeness (QED) is 0.277. The minimum atomic E-state index is -4.71. The molecule has 2 N–H and O–H groups in total. The Morgan fingerprint density at radius 1 is 0.727 bits per heavy atom. The van der Waals surface area contributed by atoms with E-state index in [9.17, 15) is 25.9 Å². The van der Waals surface area contributed by atoms with E-state index >= 15 is 0 Å². The maximum atomic E-state index is 12.1. The van der Waals surface area contributed by atoms with Gasteiger partial charge in [0.1, 0.15) is 15.5 Å². The summed E-state index contributed by atoms with van der Waals surface area (Å²) in [6.45, 7) is 0. The molecule has 11 heteroatoms. The fourth-order valence-electron chi connectivity index (χ4n) is 2.99. The van der Waals surface area contributed by atoms with E-state index in [1.807, 2.05) is 31.1 Å². The van der Waals surface area contributed by atoms with Gasteiger partial charge in [-0.2, -0.15) is 21.9 Å². The predicted octanol–water partition coefficient (Wildman–Crippen LogP) is 4.83. The third-order valence-electron chi connectivity index (χ3n) is 4.56. The second kappa shape index (κ2) is 9.63. The Bertz CT molecular complexity index is 1430. The van der Waals surface area contributed by atoms with Crippen molar-refractivity contribution in [3.8, 4) is 0 Å². The minimum Gasteiger partial charge on any atom is -0.378 e. The molecule has 3 aromatic carbocycles. The van der Waals surface area contributed by atoms with Crippen LogP contribution in [0.15, 0.2) is 86.7 Å². The van der Waals surface area contributed by atoms with E-state index in [0.717, 1.165) is 5.69 Å². The van der Waals surface area contributed by atoms with Crippen molar-refractivity contribution in [3.05, 3.63) is 77.9 Å². The van der Waals surface area contributed by atoms with Gasteiger partial charge >= 0.3 is 0 Å². The molecule has 0 aliphatic heterocycles. The van der Waals surface area contributed by atoms with Crippen LogP contribution in [0.3, 0.4) is 0 Å². The van der Waals surface area contributed by atoms with Crippen molar-refractivity contribution in [2.24, 2.45) is 10.2 Å². The molecule has 0 unspecified atom stereocenters. The van der Waals surface area contributed by atoms with Crippen LogP contribution in [0.1, 0.15) is 11.1 Å². The first-order valence-corrected chi connectivity index (χ1v) is 12.4. The molecule has 0 bridgehead atoms. The van der Waals surface area contributed by atoms with Crippen LogP contribution in [0.5, 0.6) is 0 Å². The van der Waals surface area contributed by atoms with Crippen LogP contribution in [-0.2, 0) is 20.2 Å². The minimum absolute atomic E-state index is 0.0575. The van der Waals surface area contributed by atoms with Crippen molar-refractivity contribution >= 4 is 49.5 Å². The number of rotatable bonds is 7. The Kier molecular flexibility index (Phi) is 7.08. The molecular formula is C22H21N3O6S2. The standard InChI is InChI=1S/C22H21N3O6S2/c1-25(2)19-14-12-18(13-15-19)23-24-20-8-5-7-17(22(20)33(29,30)31)11-10-16-6-3-4-9-21(16)32(26,27)28/h3-15H,1-2H3,(H,26,27,28)(H,29,30,31)/b11-10+,24-23+. The highest BCUT2D eigenvalue weighted by molar-refractivity contribution is 7.86. The van der Waals surface area contributed by atoms with Gasteiger partial charge in [0.05, 0.1) is 5.69 Å². The third kappa shape index (κ3) is 6.11. The van der Waals surface area contributed by atoms with Gasteiger partial charge in [-0.1, -0.05) is 42.5 Å². The number of hydrogen-bond donors (Lipinski definition) is 2. The SMILES string of the molecule is CN(C)c1ccc(/N=N/c2cccc(/C=C/c3ccccc3S(=O)(=O)O)c2S(=O)(=O)O)cc1. The van der Waals surface area contributed by atoms with Crippen LogP contribution in [0.2, 0.25) is 0 Å². The lowest BCUT2D eigenvalue weighted by molar-refractivity contribution is 0.480. The van der Waals surface area contributed by atoms with Crippen molar-refractivity contribution in [1.82, 2.24) is 0 Å². The molecule has 9 nitrogen and oxygen atoms in total. The highest BCUT2D eigenvalue weighted by Crippen LogP contribution is 2.31. The van der Waals surface area contributed by atoms with Crippen molar-refractivity contribution in [2.75, 3.05) is 19.0 Å². The number of azo groups is 1. The Balaban J connectivity index is 2.04. The van der Waals surface area contributed by atoms with Crippen LogP contribution in [0.25, 0.3) is 12.2 Å².